The summed E-state index contributed by atoms with van der Waals surface area (Å²) in [7, 11) is 0. The number of piperidine rings is 1. The topological polar surface area (TPSA) is 73.4 Å². The Bertz CT molecular complexity index is 375. The fourth-order valence-electron chi connectivity index (χ4n) is 3.53. The van der Waals surface area contributed by atoms with Crippen LogP contribution in [0.2, 0.25) is 0 Å². The number of carbonyl (C=O) groups is 1. The average molecular weight is 313 g/mol. The third-order valence-corrected chi connectivity index (χ3v) is 4.81. The Kier molecular flexibility index (Phi) is 5.90. The van der Waals surface area contributed by atoms with Crippen LogP contribution in [0.4, 0.5) is 4.79 Å². The summed E-state index contributed by atoms with van der Waals surface area (Å²) < 4.78 is 0. The van der Waals surface area contributed by atoms with Crippen LogP contribution in [0.25, 0.3) is 0 Å². The Morgan fingerprint density at radius 3 is 2.27 bits per heavy atom. The normalized spacial score (nSPS) is 25.1. The van der Waals surface area contributed by atoms with Crippen molar-refractivity contribution in [3.05, 3.63) is 0 Å². The van der Waals surface area contributed by atoms with Crippen LogP contribution in [0.5, 0.6) is 0 Å². The summed E-state index contributed by atoms with van der Waals surface area (Å²) in [5, 5.41) is 19.8. The molecule has 0 aromatic carbocycles. The first-order chi connectivity index (χ1) is 9.87. The van der Waals surface area contributed by atoms with E-state index in [1.54, 1.807) is 6.92 Å². The Hall–Kier alpha value is -0.810. The lowest BCUT2D eigenvalue weighted by Crippen LogP contribution is -2.63. The van der Waals surface area contributed by atoms with Gasteiger partial charge in [0, 0.05) is 23.7 Å². The fourth-order valence-corrected chi connectivity index (χ4v) is 3.53. The quantitative estimate of drug-likeness (QED) is 0.630. The SMILES string of the molecule is CCC(C)C(C)(O)CNC(=O)NC1CC(C)(C)NC(C)(C)C1. The maximum absolute atomic E-state index is 12.1. The summed E-state index contributed by atoms with van der Waals surface area (Å²) in [5.41, 5.74) is -0.872. The van der Waals surface area contributed by atoms with E-state index in [1.807, 2.05) is 13.8 Å². The molecule has 1 saturated heterocycles. The van der Waals surface area contributed by atoms with Crippen molar-refractivity contribution in [3.8, 4) is 0 Å². The molecule has 2 unspecified atom stereocenters. The molecule has 0 saturated carbocycles. The molecule has 0 radical (unpaired) electrons. The van der Waals surface area contributed by atoms with Crippen molar-refractivity contribution in [2.75, 3.05) is 6.54 Å². The molecule has 5 heteroatoms. The molecule has 1 aliphatic heterocycles. The molecule has 0 spiro atoms. The minimum Gasteiger partial charge on any atom is -0.388 e. The van der Waals surface area contributed by atoms with Crippen LogP contribution in [-0.4, -0.2) is 40.4 Å². The van der Waals surface area contributed by atoms with Crippen LogP contribution >= 0.6 is 0 Å². The molecule has 2 atom stereocenters. The highest BCUT2D eigenvalue weighted by atomic mass is 16.3. The van der Waals surface area contributed by atoms with Gasteiger partial charge in [-0.05, 0) is 53.4 Å². The molecule has 130 valence electrons. The van der Waals surface area contributed by atoms with E-state index in [4.69, 9.17) is 0 Å². The number of carbonyl (C=O) groups excluding carboxylic acids is 1. The van der Waals surface area contributed by atoms with Gasteiger partial charge in [0.2, 0.25) is 0 Å². The molecule has 2 amide bonds. The third kappa shape index (κ3) is 5.76. The van der Waals surface area contributed by atoms with Gasteiger partial charge in [0.1, 0.15) is 0 Å². The minimum absolute atomic E-state index is 0.00190. The van der Waals surface area contributed by atoms with Crippen LogP contribution in [0.1, 0.15) is 67.7 Å². The van der Waals surface area contributed by atoms with Crippen LogP contribution in [-0.2, 0) is 0 Å². The van der Waals surface area contributed by atoms with E-state index >= 15 is 0 Å². The first-order valence-corrected chi connectivity index (χ1v) is 8.43. The first kappa shape index (κ1) is 19.2. The van der Waals surface area contributed by atoms with Crippen molar-refractivity contribution < 1.29 is 9.90 Å². The van der Waals surface area contributed by atoms with Crippen molar-refractivity contribution in [3.63, 3.8) is 0 Å². The third-order valence-electron chi connectivity index (χ3n) is 4.81. The molecular formula is C17H35N3O2. The molecular weight excluding hydrogens is 278 g/mol. The van der Waals surface area contributed by atoms with Gasteiger partial charge in [-0.2, -0.15) is 0 Å². The van der Waals surface area contributed by atoms with E-state index in [9.17, 15) is 9.90 Å². The summed E-state index contributed by atoms with van der Waals surface area (Å²) in [6.45, 7) is 14.7. The largest absolute Gasteiger partial charge is 0.388 e. The van der Waals surface area contributed by atoms with Gasteiger partial charge in [0.15, 0.2) is 0 Å². The second-order valence-corrected chi connectivity index (χ2v) is 8.49. The highest BCUT2D eigenvalue weighted by Gasteiger charge is 2.38. The first-order valence-electron chi connectivity index (χ1n) is 8.43. The summed E-state index contributed by atoms with van der Waals surface area (Å²) in [6.07, 6.45) is 2.67. The van der Waals surface area contributed by atoms with Crippen molar-refractivity contribution >= 4 is 6.03 Å². The maximum Gasteiger partial charge on any atom is 0.315 e. The number of aliphatic hydroxyl groups is 1. The molecule has 0 bridgehead atoms. The van der Waals surface area contributed by atoms with E-state index in [-0.39, 0.29) is 35.6 Å². The standard InChI is InChI=1S/C17H35N3O2/c1-8-12(2)17(7,22)11-18-14(21)19-13-9-15(3,4)20-16(5,6)10-13/h12-13,20,22H,8-11H2,1-7H3,(H2,18,19,21). The van der Waals surface area contributed by atoms with E-state index in [2.05, 4.69) is 43.6 Å². The lowest BCUT2D eigenvalue weighted by Gasteiger charge is -2.46. The number of rotatable bonds is 5. The van der Waals surface area contributed by atoms with Crippen molar-refractivity contribution in [1.82, 2.24) is 16.0 Å². The summed E-state index contributed by atoms with van der Waals surface area (Å²) in [4.78, 5) is 12.1. The second-order valence-electron chi connectivity index (χ2n) is 8.49. The van der Waals surface area contributed by atoms with Gasteiger partial charge in [0.05, 0.1) is 5.60 Å². The highest BCUT2D eigenvalue weighted by molar-refractivity contribution is 5.74. The van der Waals surface area contributed by atoms with E-state index < -0.39 is 5.60 Å². The Labute approximate surface area is 135 Å². The fraction of sp³-hybridized carbons (Fsp3) is 0.941. The van der Waals surface area contributed by atoms with Gasteiger partial charge < -0.3 is 21.1 Å². The number of hydrogen-bond acceptors (Lipinski definition) is 3. The van der Waals surface area contributed by atoms with E-state index in [0.29, 0.717) is 0 Å². The summed E-state index contributed by atoms with van der Waals surface area (Å²) in [5.74, 6) is 0.143. The summed E-state index contributed by atoms with van der Waals surface area (Å²) >= 11 is 0. The van der Waals surface area contributed by atoms with Gasteiger partial charge >= 0.3 is 6.03 Å². The average Bonchev–Trinajstić information content (AvgIpc) is 2.31. The minimum atomic E-state index is -0.876. The predicted octanol–water partition coefficient (Wildman–Crippen LogP) is 2.39. The predicted molar refractivity (Wildman–Crippen MR) is 90.9 cm³/mol. The molecule has 0 aromatic rings. The molecule has 1 aliphatic rings. The molecule has 1 rings (SSSR count). The maximum atomic E-state index is 12.1. The van der Waals surface area contributed by atoms with Crippen molar-refractivity contribution in [2.45, 2.75) is 90.4 Å². The van der Waals surface area contributed by atoms with Gasteiger partial charge in [-0.25, -0.2) is 4.79 Å². The summed E-state index contributed by atoms with van der Waals surface area (Å²) in [6, 6.07) is -0.0538. The lowest BCUT2D eigenvalue weighted by molar-refractivity contribution is 0.00768. The Balaban J connectivity index is 2.51. The van der Waals surface area contributed by atoms with Gasteiger partial charge in [-0.3, -0.25) is 0 Å². The molecule has 1 fully saturated rings. The Morgan fingerprint density at radius 2 is 1.82 bits per heavy atom. The molecule has 22 heavy (non-hydrogen) atoms. The zero-order valence-electron chi connectivity index (χ0n) is 15.3. The zero-order valence-corrected chi connectivity index (χ0v) is 15.3. The second kappa shape index (κ2) is 6.75. The van der Waals surface area contributed by atoms with Crippen LogP contribution in [0, 0.1) is 5.92 Å². The number of amides is 2. The van der Waals surface area contributed by atoms with Crippen LogP contribution in [0.3, 0.4) is 0 Å². The smallest absolute Gasteiger partial charge is 0.315 e. The molecule has 5 nitrogen and oxygen atoms in total. The number of hydrogen-bond donors (Lipinski definition) is 4. The van der Waals surface area contributed by atoms with Crippen molar-refractivity contribution in [2.24, 2.45) is 5.92 Å². The molecule has 4 N–H and O–H groups in total. The monoisotopic (exact) mass is 313 g/mol. The Morgan fingerprint density at radius 1 is 1.32 bits per heavy atom. The van der Waals surface area contributed by atoms with Crippen molar-refractivity contribution in [1.29, 1.82) is 0 Å². The molecule has 1 heterocycles. The number of urea groups is 1. The lowest BCUT2D eigenvalue weighted by atomic mass is 9.80. The molecule has 0 aromatic heterocycles. The van der Waals surface area contributed by atoms with E-state index in [0.717, 1.165) is 19.3 Å². The van der Waals surface area contributed by atoms with E-state index in [1.165, 1.54) is 0 Å². The van der Waals surface area contributed by atoms with Gasteiger partial charge in [0.25, 0.3) is 0 Å². The highest BCUT2D eigenvalue weighted by Crippen LogP contribution is 2.28. The van der Waals surface area contributed by atoms with Gasteiger partial charge in [-0.1, -0.05) is 20.3 Å². The number of nitrogens with one attached hydrogen (secondary N) is 3. The van der Waals surface area contributed by atoms with Gasteiger partial charge in [-0.15, -0.1) is 0 Å². The zero-order chi connectivity index (χ0) is 17.2. The van der Waals surface area contributed by atoms with Crippen LogP contribution in [0.15, 0.2) is 0 Å². The van der Waals surface area contributed by atoms with Crippen LogP contribution < -0.4 is 16.0 Å². The molecule has 0 aliphatic carbocycles.